The molecule has 1 saturated carbocycles. The largest absolute Gasteiger partial charge is 0.395 e. The van der Waals surface area contributed by atoms with Crippen LogP contribution in [0.1, 0.15) is 64.7 Å². The van der Waals surface area contributed by atoms with Crippen LogP contribution in [-0.2, 0) is 4.79 Å². The third kappa shape index (κ3) is 6.07. The highest BCUT2D eigenvalue weighted by atomic mass is 32.1. The fraction of sp³-hybridized carbons (Fsp3) is 0.708. The van der Waals surface area contributed by atoms with E-state index in [-0.39, 0.29) is 24.0 Å². The molecule has 4 nitrogen and oxygen atoms in total. The van der Waals surface area contributed by atoms with E-state index in [4.69, 9.17) is 0 Å². The molecule has 1 amide bonds. The maximum atomic E-state index is 13.6. The second-order valence-corrected chi connectivity index (χ2v) is 10.7. The van der Waals surface area contributed by atoms with Crippen molar-refractivity contribution in [3.05, 3.63) is 16.3 Å². The van der Waals surface area contributed by atoms with Crippen LogP contribution in [0, 0.1) is 29.1 Å². The zero-order valence-electron chi connectivity index (χ0n) is 18.4. The van der Waals surface area contributed by atoms with Crippen LogP contribution in [0.5, 0.6) is 0 Å². The first kappa shape index (κ1) is 22.3. The van der Waals surface area contributed by atoms with Crippen molar-refractivity contribution in [1.29, 1.82) is 0 Å². The second kappa shape index (κ2) is 9.64. The van der Waals surface area contributed by atoms with Gasteiger partial charge in [0.25, 0.3) is 0 Å². The van der Waals surface area contributed by atoms with Crippen LogP contribution in [0.15, 0.2) is 11.4 Å². The molecule has 1 aromatic rings. The predicted molar refractivity (Wildman–Crippen MR) is 121 cm³/mol. The van der Waals surface area contributed by atoms with E-state index in [2.05, 4.69) is 60.8 Å². The molecule has 1 unspecified atom stereocenters. The summed E-state index contributed by atoms with van der Waals surface area (Å²) in [5.41, 5.74) is 0.974. The summed E-state index contributed by atoms with van der Waals surface area (Å²) in [5.74, 6) is 7.76. The lowest BCUT2D eigenvalue weighted by Gasteiger charge is -2.34. The first-order chi connectivity index (χ1) is 13.8. The monoisotopic (exact) mass is 416 g/mol. The van der Waals surface area contributed by atoms with Crippen LogP contribution in [-0.4, -0.2) is 48.2 Å². The van der Waals surface area contributed by atoms with Gasteiger partial charge in [-0.25, -0.2) is 0 Å². The molecule has 1 aliphatic carbocycles. The van der Waals surface area contributed by atoms with E-state index in [9.17, 15) is 9.90 Å². The summed E-state index contributed by atoms with van der Waals surface area (Å²) in [6, 6.07) is 2.29. The molecule has 2 fully saturated rings. The number of rotatable bonds is 5. The summed E-state index contributed by atoms with van der Waals surface area (Å²) in [4.78, 5) is 19.0. The molecule has 1 aromatic heterocycles. The molecular weight excluding hydrogens is 380 g/mol. The normalized spacial score (nSPS) is 25.5. The average molecular weight is 417 g/mol. The van der Waals surface area contributed by atoms with Gasteiger partial charge < -0.3 is 10.0 Å². The van der Waals surface area contributed by atoms with Crippen LogP contribution in [0.3, 0.4) is 0 Å². The number of β-amino-alcohol motifs (C(OH)–C–C–N with tert-alkyl or cyclic N) is 1. The number of carbonyl (C=O) groups excluding carboxylic acids is 1. The summed E-state index contributed by atoms with van der Waals surface area (Å²) in [6.45, 7) is 11.3. The second-order valence-electron chi connectivity index (χ2n) is 9.80. The zero-order chi connectivity index (χ0) is 21.0. The summed E-state index contributed by atoms with van der Waals surface area (Å²) >= 11 is 1.63. The molecule has 2 aliphatic rings. The van der Waals surface area contributed by atoms with E-state index in [1.807, 2.05) is 0 Å². The molecular formula is C24H36N2O2S. The summed E-state index contributed by atoms with van der Waals surface area (Å²) in [7, 11) is 0. The van der Waals surface area contributed by atoms with Crippen molar-refractivity contribution in [2.45, 2.75) is 65.8 Å². The van der Waals surface area contributed by atoms with Gasteiger partial charge in [-0.15, -0.1) is 11.3 Å². The fourth-order valence-electron chi connectivity index (χ4n) is 4.36. The minimum Gasteiger partial charge on any atom is -0.395 e. The molecule has 1 saturated heterocycles. The van der Waals surface area contributed by atoms with Crippen molar-refractivity contribution in [2.75, 3.05) is 31.1 Å². The molecule has 1 atom stereocenters. The van der Waals surface area contributed by atoms with Gasteiger partial charge in [0.05, 0.1) is 23.2 Å². The Kier molecular flexibility index (Phi) is 7.42. The summed E-state index contributed by atoms with van der Waals surface area (Å²) in [5, 5.41) is 11.4. The molecule has 1 N–H and O–H groups in total. The quantitative estimate of drug-likeness (QED) is 0.725. The number of likely N-dealkylation sites (tertiary alicyclic amines) is 1. The van der Waals surface area contributed by atoms with Gasteiger partial charge in [-0.2, -0.15) is 0 Å². The van der Waals surface area contributed by atoms with E-state index >= 15 is 0 Å². The van der Waals surface area contributed by atoms with Crippen LogP contribution in [0.4, 0.5) is 5.69 Å². The lowest BCUT2D eigenvalue weighted by atomic mass is 9.82. The van der Waals surface area contributed by atoms with Gasteiger partial charge in [-0.1, -0.05) is 18.8 Å². The molecule has 1 aliphatic heterocycles. The third-order valence-electron chi connectivity index (χ3n) is 6.06. The van der Waals surface area contributed by atoms with Crippen molar-refractivity contribution < 1.29 is 9.90 Å². The van der Waals surface area contributed by atoms with Crippen LogP contribution in [0.2, 0.25) is 0 Å². The van der Waals surface area contributed by atoms with Gasteiger partial charge in [-0.05, 0) is 64.9 Å². The van der Waals surface area contributed by atoms with Crippen molar-refractivity contribution in [3.8, 4) is 11.8 Å². The Labute approximate surface area is 180 Å². The minimum atomic E-state index is -0.0330. The number of amides is 1. The molecule has 2 heterocycles. The Morgan fingerprint density at radius 2 is 2.00 bits per heavy atom. The van der Waals surface area contributed by atoms with Crippen molar-refractivity contribution in [1.82, 2.24) is 4.90 Å². The number of hydrogen-bond donors (Lipinski definition) is 1. The number of hydrogen-bond acceptors (Lipinski definition) is 4. The highest BCUT2D eigenvalue weighted by molar-refractivity contribution is 7.11. The van der Waals surface area contributed by atoms with Gasteiger partial charge in [0.15, 0.2) is 0 Å². The minimum absolute atomic E-state index is 0.0330. The molecule has 29 heavy (non-hydrogen) atoms. The van der Waals surface area contributed by atoms with E-state index < -0.39 is 0 Å². The molecule has 0 spiro atoms. The Hall–Kier alpha value is -1.35. The molecule has 0 radical (unpaired) electrons. The SMILES string of the molecule is CC1CCC(C(=O)N(c2csc(C#CC(C)(C)C)c2)C2CCN(CCO)C2)CC1. The standard InChI is InChI=1S/C24H36N2O2S/c1-18-5-7-19(8-6-18)23(28)26(20-10-12-25(16-20)13-14-27)21-15-22(29-17-21)9-11-24(2,3)4/h15,17-20,27H,5-8,10,12-14,16H2,1-4H3. The van der Waals surface area contributed by atoms with Gasteiger partial charge in [-0.3, -0.25) is 9.69 Å². The zero-order valence-corrected chi connectivity index (χ0v) is 19.2. The first-order valence-corrected chi connectivity index (χ1v) is 11.9. The van der Waals surface area contributed by atoms with Crippen molar-refractivity contribution in [3.63, 3.8) is 0 Å². The van der Waals surface area contributed by atoms with E-state index in [0.29, 0.717) is 12.5 Å². The fourth-order valence-corrected chi connectivity index (χ4v) is 5.08. The van der Waals surface area contributed by atoms with Crippen LogP contribution >= 0.6 is 11.3 Å². The smallest absolute Gasteiger partial charge is 0.230 e. The molecule has 160 valence electrons. The number of aliphatic hydroxyl groups is 1. The average Bonchev–Trinajstić information content (AvgIpc) is 3.31. The van der Waals surface area contributed by atoms with Crippen molar-refractivity contribution in [2.24, 2.45) is 17.3 Å². The van der Waals surface area contributed by atoms with Gasteiger partial charge >= 0.3 is 0 Å². The number of thiophene rings is 1. The maximum absolute atomic E-state index is 13.6. The number of anilines is 1. The molecule has 5 heteroatoms. The molecule has 3 rings (SSSR count). The van der Waals surface area contributed by atoms with Gasteiger partial charge in [0.1, 0.15) is 0 Å². The molecule has 0 bridgehead atoms. The van der Waals surface area contributed by atoms with Crippen LogP contribution < -0.4 is 4.90 Å². The number of nitrogens with zero attached hydrogens (tertiary/aromatic N) is 2. The Bertz CT molecular complexity index is 747. The lowest BCUT2D eigenvalue weighted by molar-refractivity contribution is -0.124. The van der Waals surface area contributed by atoms with Crippen molar-refractivity contribution >= 4 is 22.9 Å². The highest BCUT2D eigenvalue weighted by Gasteiger charge is 2.36. The molecule has 0 aromatic carbocycles. The van der Waals surface area contributed by atoms with Crippen LogP contribution in [0.25, 0.3) is 0 Å². The maximum Gasteiger partial charge on any atom is 0.230 e. The summed E-state index contributed by atoms with van der Waals surface area (Å²) < 4.78 is 0. The van der Waals surface area contributed by atoms with E-state index in [1.165, 1.54) is 0 Å². The Balaban J connectivity index is 1.82. The van der Waals surface area contributed by atoms with Gasteiger partial charge in [0, 0.05) is 36.3 Å². The highest BCUT2D eigenvalue weighted by Crippen LogP contribution is 2.34. The van der Waals surface area contributed by atoms with Gasteiger partial charge in [0.2, 0.25) is 5.91 Å². The topological polar surface area (TPSA) is 43.8 Å². The Morgan fingerprint density at radius 3 is 2.66 bits per heavy atom. The predicted octanol–water partition coefficient (Wildman–Crippen LogP) is 4.37. The van der Waals surface area contributed by atoms with E-state index in [1.54, 1.807) is 11.3 Å². The lowest BCUT2D eigenvalue weighted by Crippen LogP contribution is -2.46. The summed E-state index contributed by atoms with van der Waals surface area (Å²) in [6.07, 6.45) is 5.28. The third-order valence-corrected chi connectivity index (χ3v) is 6.89. The Morgan fingerprint density at radius 1 is 1.28 bits per heavy atom. The number of aliphatic hydroxyl groups excluding tert-OH is 1. The first-order valence-electron chi connectivity index (χ1n) is 11.0. The number of carbonyl (C=O) groups is 1. The van der Waals surface area contributed by atoms with E-state index in [0.717, 1.165) is 61.7 Å².